The minimum Gasteiger partial charge on any atom is -0.493 e. The van der Waals surface area contributed by atoms with E-state index in [0.717, 1.165) is 37.3 Å². The van der Waals surface area contributed by atoms with E-state index in [1.54, 1.807) is 37.8 Å². The molecule has 1 saturated heterocycles. The van der Waals surface area contributed by atoms with Crippen LogP contribution in [-0.4, -0.2) is 85.1 Å². The van der Waals surface area contributed by atoms with Gasteiger partial charge in [-0.3, -0.25) is 14.3 Å². The molecule has 196 valence electrons. The Labute approximate surface area is 215 Å². The molecule has 0 spiro atoms. The summed E-state index contributed by atoms with van der Waals surface area (Å²) in [5.41, 5.74) is 2.38. The number of ether oxygens (including phenoxy) is 2. The number of oxime groups is 1. The van der Waals surface area contributed by atoms with Gasteiger partial charge in [0.15, 0.2) is 23.8 Å². The van der Waals surface area contributed by atoms with Crippen molar-refractivity contribution in [1.82, 2.24) is 14.4 Å². The molecule has 1 amide bonds. The lowest BCUT2D eigenvalue weighted by Crippen LogP contribution is -2.44. The van der Waals surface area contributed by atoms with Crippen molar-refractivity contribution in [2.45, 2.75) is 13.6 Å². The van der Waals surface area contributed by atoms with Gasteiger partial charge in [-0.1, -0.05) is 23.4 Å². The van der Waals surface area contributed by atoms with Gasteiger partial charge < -0.3 is 24.3 Å². The number of azo groups is 1. The summed E-state index contributed by atoms with van der Waals surface area (Å²) in [7, 11) is 5.21. The molecule has 11 heteroatoms. The molecule has 1 aliphatic rings. The highest BCUT2D eigenvalue weighted by molar-refractivity contribution is 5.99. The van der Waals surface area contributed by atoms with Crippen LogP contribution in [0.5, 0.6) is 17.4 Å². The number of rotatable bonds is 9. The smallest absolute Gasteiger partial charge is 0.304 e. The van der Waals surface area contributed by atoms with Crippen LogP contribution in [0.2, 0.25) is 0 Å². The summed E-state index contributed by atoms with van der Waals surface area (Å²) < 4.78 is 12.3. The van der Waals surface area contributed by atoms with E-state index in [9.17, 15) is 9.90 Å². The quantitative estimate of drug-likeness (QED) is 0.267. The summed E-state index contributed by atoms with van der Waals surface area (Å²) in [4.78, 5) is 22.1. The second-order valence-electron chi connectivity index (χ2n) is 8.79. The highest BCUT2D eigenvalue weighted by Crippen LogP contribution is 2.39. The number of nitrogens with zero attached hydrogens (tertiary/aromatic N) is 6. The summed E-state index contributed by atoms with van der Waals surface area (Å²) in [5.74, 6) is 0.508. The van der Waals surface area contributed by atoms with Gasteiger partial charge in [-0.05, 0) is 38.2 Å². The van der Waals surface area contributed by atoms with Crippen LogP contribution in [0.3, 0.4) is 0 Å². The van der Waals surface area contributed by atoms with Crippen LogP contribution in [0.1, 0.15) is 12.5 Å². The van der Waals surface area contributed by atoms with Gasteiger partial charge in [0.2, 0.25) is 5.88 Å². The number of likely N-dealkylation sites (N-methyl/N-ethyl adjacent to an activating group) is 1. The minimum atomic E-state index is -0.626. The lowest BCUT2D eigenvalue weighted by Gasteiger charge is -2.32. The number of hydrogen-bond acceptors (Lipinski definition) is 9. The van der Waals surface area contributed by atoms with E-state index >= 15 is 0 Å². The second kappa shape index (κ2) is 11.8. The topological polar surface area (TPSA) is 113 Å². The fraction of sp³-hybridized carbons (Fsp3) is 0.385. The zero-order valence-corrected chi connectivity index (χ0v) is 21.5. The lowest BCUT2D eigenvalue weighted by molar-refractivity contribution is -0.122. The number of fused-ring (bicyclic) bond motifs is 1. The maximum absolute atomic E-state index is 12.3. The number of piperazine rings is 1. The average Bonchev–Trinajstić information content (AvgIpc) is 3.18. The molecule has 4 rings (SSSR count). The first-order chi connectivity index (χ1) is 17.9. The zero-order chi connectivity index (χ0) is 26.4. The predicted molar refractivity (Wildman–Crippen MR) is 140 cm³/mol. The van der Waals surface area contributed by atoms with Gasteiger partial charge in [-0.15, -0.1) is 10.2 Å². The zero-order valence-electron chi connectivity index (χ0n) is 21.5. The van der Waals surface area contributed by atoms with Gasteiger partial charge in [0.25, 0.3) is 0 Å². The molecule has 0 atom stereocenters. The molecule has 3 aromatic rings. The Morgan fingerprint density at radius 2 is 1.76 bits per heavy atom. The Kier molecular flexibility index (Phi) is 8.36. The first-order valence-electron chi connectivity index (χ1n) is 12.0. The summed E-state index contributed by atoms with van der Waals surface area (Å²) in [6.45, 7) is 5.62. The summed E-state index contributed by atoms with van der Waals surface area (Å²) >= 11 is 0. The molecule has 1 aliphatic heterocycles. The largest absolute Gasteiger partial charge is 0.493 e. The maximum atomic E-state index is 12.3. The normalized spacial score (nSPS) is 15.4. The number of carbonyl (C=O) groups is 1. The third kappa shape index (κ3) is 6.07. The van der Waals surface area contributed by atoms with E-state index in [2.05, 4.69) is 32.2 Å². The predicted octanol–water partition coefficient (Wildman–Crippen LogP) is 3.62. The molecule has 0 saturated carbocycles. The Hall–Kier alpha value is -3.96. The van der Waals surface area contributed by atoms with E-state index in [0.29, 0.717) is 29.3 Å². The molecule has 37 heavy (non-hydrogen) atoms. The molecule has 11 nitrogen and oxygen atoms in total. The molecule has 0 unspecified atom stereocenters. The molecule has 1 N–H and O–H groups in total. The average molecular weight is 509 g/mol. The van der Waals surface area contributed by atoms with Crippen molar-refractivity contribution in [3.63, 3.8) is 0 Å². The van der Waals surface area contributed by atoms with Crippen molar-refractivity contribution in [3.8, 4) is 17.4 Å². The van der Waals surface area contributed by atoms with Crippen LogP contribution in [0.4, 0.5) is 5.69 Å². The molecule has 0 aliphatic carbocycles. The van der Waals surface area contributed by atoms with Crippen LogP contribution in [-0.2, 0) is 16.3 Å². The van der Waals surface area contributed by atoms with Crippen LogP contribution in [0.25, 0.3) is 10.9 Å². The first kappa shape index (κ1) is 26.1. The summed E-state index contributed by atoms with van der Waals surface area (Å²) in [5, 5.41) is 23.5. The van der Waals surface area contributed by atoms with Crippen LogP contribution < -0.4 is 9.47 Å². The van der Waals surface area contributed by atoms with Crippen LogP contribution in [0, 0.1) is 0 Å². The van der Waals surface area contributed by atoms with E-state index in [1.807, 2.05) is 30.3 Å². The van der Waals surface area contributed by atoms with E-state index in [4.69, 9.17) is 14.3 Å². The fourth-order valence-corrected chi connectivity index (χ4v) is 4.14. The SMILES string of the molecule is COc1ccc(/C(C)=N\OCC(=O)N=Nc2c(O)n(CN3CCN(C)CC3)c3ccccc23)cc1OC. The number of aromatic nitrogens is 1. The number of amides is 1. The molecule has 1 aromatic heterocycles. The standard InChI is InChI=1S/C26H32N6O5/c1-18(19-9-10-22(35-3)23(15-19)36-4)29-37-16-24(33)27-28-25-20-7-5-6-8-21(20)32(26(25)34)17-31-13-11-30(2)12-14-31/h5-10,15,34H,11-14,16-17H2,1-4H3/b28-27?,29-18-. The number of methoxy groups -OCH3 is 2. The van der Waals surface area contributed by atoms with Gasteiger partial charge in [-0.2, -0.15) is 0 Å². The Morgan fingerprint density at radius 1 is 1.03 bits per heavy atom. The Morgan fingerprint density at radius 3 is 2.49 bits per heavy atom. The molecule has 1 fully saturated rings. The Balaban J connectivity index is 1.43. The molecule has 0 radical (unpaired) electrons. The summed E-state index contributed by atoms with van der Waals surface area (Å²) in [6, 6.07) is 12.9. The molecule has 2 heterocycles. The highest BCUT2D eigenvalue weighted by Gasteiger charge is 2.20. The van der Waals surface area contributed by atoms with Crippen LogP contribution >= 0.6 is 0 Å². The fourth-order valence-electron chi connectivity index (χ4n) is 4.14. The van der Waals surface area contributed by atoms with Gasteiger partial charge in [0.05, 0.1) is 32.1 Å². The van der Waals surface area contributed by atoms with Crippen molar-refractivity contribution in [2.24, 2.45) is 15.4 Å². The maximum Gasteiger partial charge on any atom is 0.304 e. The van der Waals surface area contributed by atoms with E-state index in [-0.39, 0.29) is 11.6 Å². The number of aromatic hydroxyl groups is 1. The third-order valence-corrected chi connectivity index (χ3v) is 6.31. The second-order valence-corrected chi connectivity index (χ2v) is 8.79. The first-order valence-corrected chi connectivity index (χ1v) is 12.0. The van der Waals surface area contributed by atoms with Gasteiger partial charge in [0, 0.05) is 37.1 Å². The Bertz CT molecular complexity index is 1310. The lowest BCUT2D eigenvalue weighted by atomic mass is 10.1. The number of benzene rings is 2. The van der Waals surface area contributed by atoms with Gasteiger partial charge >= 0.3 is 5.91 Å². The molecular weight excluding hydrogens is 476 g/mol. The van der Waals surface area contributed by atoms with E-state index in [1.165, 1.54) is 0 Å². The van der Waals surface area contributed by atoms with Gasteiger partial charge in [0.1, 0.15) is 0 Å². The van der Waals surface area contributed by atoms with Crippen molar-refractivity contribution < 1.29 is 24.2 Å². The monoisotopic (exact) mass is 508 g/mol. The molecule has 0 bridgehead atoms. The third-order valence-electron chi connectivity index (χ3n) is 6.31. The minimum absolute atomic E-state index is 0.0279. The van der Waals surface area contributed by atoms with Crippen molar-refractivity contribution >= 4 is 28.2 Å². The number of carbonyl (C=O) groups excluding carboxylic acids is 1. The van der Waals surface area contributed by atoms with Crippen molar-refractivity contribution in [3.05, 3.63) is 48.0 Å². The number of para-hydroxylation sites is 1. The van der Waals surface area contributed by atoms with Crippen LogP contribution in [0.15, 0.2) is 57.8 Å². The van der Waals surface area contributed by atoms with Gasteiger partial charge in [-0.25, -0.2) is 0 Å². The molecular formula is C26H32N6O5. The van der Waals surface area contributed by atoms with Crippen molar-refractivity contribution in [2.75, 3.05) is 54.1 Å². The van der Waals surface area contributed by atoms with E-state index < -0.39 is 12.5 Å². The van der Waals surface area contributed by atoms with Crippen molar-refractivity contribution in [1.29, 1.82) is 0 Å². The number of hydrogen-bond donors (Lipinski definition) is 1. The highest BCUT2D eigenvalue weighted by atomic mass is 16.6. The molecule has 2 aromatic carbocycles. The summed E-state index contributed by atoms with van der Waals surface area (Å²) in [6.07, 6.45) is 0.